The van der Waals surface area contributed by atoms with Crippen LogP contribution in [0, 0.1) is 11.8 Å². The van der Waals surface area contributed by atoms with Gasteiger partial charge in [0.2, 0.25) is 15.9 Å². The average Bonchev–Trinajstić information content (AvgIpc) is 2.92. The predicted molar refractivity (Wildman–Crippen MR) is 92.7 cm³/mol. The molecule has 24 heavy (non-hydrogen) atoms. The summed E-state index contributed by atoms with van der Waals surface area (Å²) >= 11 is 0. The second-order valence-corrected chi connectivity index (χ2v) is 8.80. The first-order chi connectivity index (χ1) is 11.2. The average molecular weight is 354 g/mol. The van der Waals surface area contributed by atoms with Gasteiger partial charge in [-0.2, -0.15) is 4.31 Å². The number of carbonyl (C=O) groups excluding carboxylic acids is 1. The summed E-state index contributed by atoms with van der Waals surface area (Å²) in [7, 11) is -3.25. The van der Waals surface area contributed by atoms with Crippen molar-refractivity contribution >= 4 is 15.9 Å². The van der Waals surface area contributed by atoms with E-state index in [1.807, 2.05) is 26.0 Å². The van der Waals surface area contributed by atoms with E-state index in [2.05, 4.69) is 5.32 Å². The molecule has 0 unspecified atom stereocenters. The monoisotopic (exact) mass is 354 g/mol. The fraction of sp³-hybridized carbons (Fsp3) is 0.588. The van der Waals surface area contributed by atoms with Gasteiger partial charge in [0.15, 0.2) is 0 Å². The Kier molecular flexibility index (Phi) is 6.01. The van der Waals surface area contributed by atoms with Crippen molar-refractivity contribution in [2.75, 3.05) is 19.3 Å². The van der Waals surface area contributed by atoms with E-state index < -0.39 is 10.0 Å². The van der Waals surface area contributed by atoms with E-state index in [4.69, 9.17) is 5.11 Å². The van der Waals surface area contributed by atoms with Crippen LogP contribution in [0.1, 0.15) is 25.0 Å². The third-order valence-corrected chi connectivity index (χ3v) is 5.81. The van der Waals surface area contributed by atoms with Gasteiger partial charge in [0.25, 0.3) is 0 Å². The zero-order valence-corrected chi connectivity index (χ0v) is 15.2. The maximum atomic E-state index is 12.3. The molecule has 1 amide bonds. The first-order valence-corrected chi connectivity index (χ1v) is 9.98. The van der Waals surface area contributed by atoms with Gasteiger partial charge < -0.3 is 10.4 Å². The molecule has 0 bridgehead atoms. The Hall–Kier alpha value is -1.44. The largest absolute Gasteiger partial charge is 0.392 e. The van der Waals surface area contributed by atoms with Crippen molar-refractivity contribution in [2.24, 2.45) is 11.8 Å². The van der Waals surface area contributed by atoms with Gasteiger partial charge in [-0.25, -0.2) is 8.42 Å². The lowest BCUT2D eigenvalue weighted by atomic mass is 9.91. The molecule has 0 spiro atoms. The van der Waals surface area contributed by atoms with Gasteiger partial charge in [0, 0.05) is 19.1 Å². The zero-order valence-electron chi connectivity index (χ0n) is 14.4. The van der Waals surface area contributed by atoms with E-state index in [-0.39, 0.29) is 36.8 Å². The van der Waals surface area contributed by atoms with Crippen molar-refractivity contribution in [3.05, 3.63) is 35.4 Å². The van der Waals surface area contributed by atoms with Crippen molar-refractivity contribution in [3.8, 4) is 0 Å². The van der Waals surface area contributed by atoms with E-state index in [9.17, 15) is 13.2 Å². The first kappa shape index (κ1) is 18.9. The minimum atomic E-state index is -3.25. The number of amides is 1. The highest BCUT2D eigenvalue weighted by Gasteiger charge is 2.39. The molecule has 1 aliphatic heterocycles. The number of nitrogens with one attached hydrogen (secondary N) is 1. The van der Waals surface area contributed by atoms with E-state index in [1.54, 1.807) is 12.1 Å². The number of hydrogen-bond donors (Lipinski definition) is 2. The van der Waals surface area contributed by atoms with Gasteiger partial charge in [0.1, 0.15) is 0 Å². The molecule has 1 saturated heterocycles. The van der Waals surface area contributed by atoms with E-state index in [1.165, 1.54) is 10.6 Å². The van der Waals surface area contributed by atoms with Crippen LogP contribution in [-0.4, -0.2) is 49.1 Å². The lowest BCUT2D eigenvalue weighted by Gasteiger charge is -2.22. The second kappa shape index (κ2) is 7.63. The van der Waals surface area contributed by atoms with Crippen molar-refractivity contribution in [1.29, 1.82) is 0 Å². The van der Waals surface area contributed by atoms with Crippen LogP contribution in [0.5, 0.6) is 0 Å². The summed E-state index contributed by atoms with van der Waals surface area (Å²) in [4.78, 5) is 12.3. The molecule has 6 nitrogen and oxygen atoms in total. The third kappa shape index (κ3) is 4.78. The predicted octanol–water partition coefficient (Wildman–Crippen LogP) is 0.754. The van der Waals surface area contributed by atoms with Gasteiger partial charge in [-0.1, -0.05) is 38.1 Å². The fourth-order valence-corrected chi connectivity index (χ4v) is 3.97. The van der Waals surface area contributed by atoms with Crippen LogP contribution in [0.2, 0.25) is 0 Å². The number of aliphatic hydroxyl groups excluding tert-OH is 1. The number of aliphatic hydroxyl groups is 1. The highest BCUT2D eigenvalue weighted by Crippen LogP contribution is 2.26. The zero-order chi connectivity index (χ0) is 17.9. The number of rotatable bonds is 6. The van der Waals surface area contributed by atoms with Crippen molar-refractivity contribution in [3.63, 3.8) is 0 Å². The fourth-order valence-electron chi connectivity index (χ4n) is 3.10. The summed E-state index contributed by atoms with van der Waals surface area (Å²) < 4.78 is 25.0. The number of sulfonamides is 1. The number of benzene rings is 1. The molecule has 1 aromatic rings. The molecule has 1 heterocycles. The smallest absolute Gasteiger partial charge is 0.224 e. The van der Waals surface area contributed by atoms with Gasteiger partial charge >= 0.3 is 0 Å². The first-order valence-electron chi connectivity index (χ1n) is 8.14. The van der Waals surface area contributed by atoms with E-state index in [0.29, 0.717) is 13.1 Å². The number of hydrogen-bond acceptors (Lipinski definition) is 4. The van der Waals surface area contributed by atoms with Crippen LogP contribution in [0.3, 0.4) is 0 Å². The minimum Gasteiger partial charge on any atom is -0.392 e. The third-order valence-electron chi connectivity index (χ3n) is 4.57. The quantitative estimate of drug-likeness (QED) is 0.789. The SMILES string of the molecule is CC(C)[C@@H]1CN(S(C)(=O)=O)C[C@H]1NC(=O)Cc1ccc(CO)cc1. The van der Waals surface area contributed by atoms with E-state index in [0.717, 1.165) is 11.1 Å². The Morgan fingerprint density at radius 2 is 1.83 bits per heavy atom. The van der Waals surface area contributed by atoms with Crippen molar-refractivity contribution < 1.29 is 18.3 Å². The molecule has 7 heteroatoms. The minimum absolute atomic E-state index is 0.0219. The molecule has 0 radical (unpaired) electrons. The maximum absolute atomic E-state index is 12.3. The maximum Gasteiger partial charge on any atom is 0.224 e. The highest BCUT2D eigenvalue weighted by atomic mass is 32.2. The molecule has 2 N–H and O–H groups in total. The highest BCUT2D eigenvalue weighted by molar-refractivity contribution is 7.88. The summed E-state index contributed by atoms with van der Waals surface area (Å²) in [5.74, 6) is 0.282. The molecule has 2 atom stereocenters. The lowest BCUT2D eigenvalue weighted by molar-refractivity contribution is -0.121. The lowest BCUT2D eigenvalue weighted by Crippen LogP contribution is -2.42. The number of nitrogens with zero attached hydrogens (tertiary/aromatic N) is 1. The van der Waals surface area contributed by atoms with Gasteiger partial charge in [-0.05, 0) is 23.0 Å². The van der Waals surface area contributed by atoms with Gasteiger partial charge in [0.05, 0.1) is 19.3 Å². The summed E-state index contributed by atoms with van der Waals surface area (Å²) in [6.07, 6.45) is 1.45. The Labute approximate surface area is 143 Å². The van der Waals surface area contributed by atoms with Crippen molar-refractivity contribution in [1.82, 2.24) is 9.62 Å². The van der Waals surface area contributed by atoms with Crippen molar-refractivity contribution in [2.45, 2.75) is 32.9 Å². The standard InChI is InChI=1S/C17H26N2O4S/c1-12(2)15-9-19(24(3,22)23)10-16(15)18-17(21)8-13-4-6-14(11-20)7-5-13/h4-7,12,15-16,20H,8-11H2,1-3H3,(H,18,21)/t15-,16+/m0/s1. The molecule has 2 rings (SSSR count). The molecule has 1 aliphatic rings. The Balaban J connectivity index is 2.00. The molecule has 1 fully saturated rings. The molecule has 0 saturated carbocycles. The molecule has 0 aromatic heterocycles. The topological polar surface area (TPSA) is 86.7 Å². The Bertz CT molecular complexity index is 670. The van der Waals surface area contributed by atoms with Crippen LogP contribution < -0.4 is 5.32 Å². The van der Waals surface area contributed by atoms with Crippen LogP contribution in [0.15, 0.2) is 24.3 Å². The summed E-state index contributed by atoms with van der Waals surface area (Å²) in [6, 6.07) is 7.07. The van der Waals surface area contributed by atoms with E-state index >= 15 is 0 Å². The Morgan fingerprint density at radius 3 is 2.33 bits per heavy atom. The van der Waals surface area contributed by atoms with Crippen LogP contribution in [0.4, 0.5) is 0 Å². The molecule has 1 aromatic carbocycles. The second-order valence-electron chi connectivity index (χ2n) is 6.81. The summed E-state index contributed by atoms with van der Waals surface area (Å²) in [5.41, 5.74) is 1.67. The molecular formula is C17H26N2O4S. The Morgan fingerprint density at radius 1 is 1.25 bits per heavy atom. The summed E-state index contributed by atoms with van der Waals surface area (Å²) in [5, 5.41) is 12.0. The molecule has 0 aliphatic carbocycles. The molecular weight excluding hydrogens is 328 g/mol. The van der Waals surface area contributed by atoms with Gasteiger partial charge in [-0.15, -0.1) is 0 Å². The van der Waals surface area contributed by atoms with Gasteiger partial charge in [-0.3, -0.25) is 4.79 Å². The van der Waals surface area contributed by atoms with Crippen LogP contribution >= 0.6 is 0 Å². The normalized spacial score (nSPS) is 22.0. The molecule has 134 valence electrons. The van der Waals surface area contributed by atoms with Crippen LogP contribution in [0.25, 0.3) is 0 Å². The van der Waals surface area contributed by atoms with Crippen LogP contribution in [-0.2, 0) is 27.8 Å². The summed E-state index contributed by atoms with van der Waals surface area (Å²) in [6.45, 7) is 4.85. The number of carbonyl (C=O) groups is 1.